The second-order valence-corrected chi connectivity index (χ2v) is 4.77. The molecule has 1 fully saturated rings. The van der Waals surface area contributed by atoms with Gasteiger partial charge in [0, 0.05) is 21.1 Å². The molecule has 1 aromatic carbocycles. The average molecular weight is 230 g/mol. The zero-order valence-corrected chi connectivity index (χ0v) is 9.41. The molecule has 2 N–H and O–H groups in total. The fourth-order valence-corrected chi connectivity index (χ4v) is 3.00. The summed E-state index contributed by atoms with van der Waals surface area (Å²) in [6, 6.07) is 5.57. The van der Waals surface area contributed by atoms with Crippen LogP contribution in [0.25, 0.3) is 0 Å². The summed E-state index contributed by atoms with van der Waals surface area (Å²) in [4.78, 5) is 0. The van der Waals surface area contributed by atoms with Crippen molar-refractivity contribution in [3.8, 4) is 0 Å². The molecule has 2 rings (SSSR count). The van der Waals surface area contributed by atoms with Crippen LogP contribution in [0.5, 0.6) is 0 Å². The highest BCUT2D eigenvalue weighted by Gasteiger charge is 2.34. The largest absolute Gasteiger partial charge is 0.321 e. The quantitative estimate of drug-likeness (QED) is 0.781. The molecule has 0 aliphatic heterocycles. The molecule has 1 aliphatic rings. The molecular formula is C11H13Cl2N. The number of hydrogen-bond donors (Lipinski definition) is 1. The van der Waals surface area contributed by atoms with Crippen molar-refractivity contribution in [1.82, 2.24) is 0 Å². The minimum Gasteiger partial charge on any atom is -0.321 e. The van der Waals surface area contributed by atoms with Crippen LogP contribution in [-0.4, -0.2) is 0 Å². The smallest absolute Gasteiger partial charge is 0.0471 e. The summed E-state index contributed by atoms with van der Waals surface area (Å²) in [5.74, 6) is 0. The summed E-state index contributed by atoms with van der Waals surface area (Å²) in [5, 5.41) is 1.39. The van der Waals surface area contributed by atoms with Crippen molar-refractivity contribution in [3.63, 3.8) is 0 Å². The molecular weight excluding hydrogens is 217 g/mol. The molecule has 14 heavy (non-hydrogen) atoms. The molecule has 0 aromatic heterocycles. The SMILES string of the molecule is NC1(c2c(Cl)cccc2Cl)CCCC1. The van der Waals surface area contributed by atoms with Gasteiger partial charge in [-0.3, -0.25) is 0 Å². The third kappa shape index (κ3) is 1.65. The zero-order valence-electron chi connectivity index (χ0n) is 7.89. The molecule has 1 saturated carbocycles. The van der Waals surface area contributed by atoms with Gasteiger partial charge >= 0.3 is 0 Å². The van der Waals surface area contributed by atoms with Gasteiger partial charge in [0.25, 0.3) is 0 Å². The van der Waals surface area contributed by atoms with Gasteiger partial charge in [-0.25, -0.2) is 0 Å². The van der Waals surface area contributed by atoms with Gasteiger partial charge in [-0.15, -0.1) is 0 Å². The predicted molar refractivity (Wildman–Crippen MR) is 60.8 cm³/mol. The normalized spacial score (nSPS) is 19.9. The second kappa shape index (κ2) is 3.73. The van der Waals surface area contributed by atoms with E-state index < -0.39 is 0 Å². The van der Waals surface area contributed by atoms with Gasteiger partial charge in [0.1, 0.15) is 0 Å². The van der Waals surface area contributed by atoms with E-state index in [1.165, 1.54) is 0 Å². The van der Waals surface area contributed by atoms with Gasteiger partial charge in [0.05, 0.1) is 0 Å². The van der Waals surface area contributed by atoms with Gasteiger partial charge in [-0.2, -0.15) is 0 Å². The molecule has 1 aliphatic carbocycles. The van der Waals surface area contributed by atoms with E-state index >= 15 is 0 Å². The third-order valence-corrected chi connectivity index (χ3v) is 3.59. The number of nitrogens with two attached hydrogens (primary N) is 1. The van der Waals surface area contributed by atoms with Crippen LogP contribution in [0.1, 0.15) is 31.2 Å². The number of rotatable bonds is 1. The molecule has 0 spiro atoms. The Balaban J connectivity index is 2.49. The number of benzene rings is 1. The Morgan fingerprint density at radius 2 is 1.57 bits per heavy atom. The van der Waals surface area contributed by atoms with Crippen molar-refractivity contribution in [2.45, 2.75) is 31.2 Å². The Morgan fingerprint density at radius 3 is 2.07 bits per heavy atom. The van der Waals surface area contributed by atoms with Crippen LogP contribution in [0.4, 0.5) is 0 Å². The van der Waals surface area contributed by atoms with E-state index in [1.54, 1.807) is 0 Å². The Hall–Kier alpha value is -0.240. The minimum atomic E-state index is -0.296. The first-order chi connectivity index (χ1) is 6.63. The van der Waals surface area contributed by atoms with E-state index in [2.05, 4.69) is 0 Å². The maximum atomic E-state index is 6.31. The Bertz CT molecular complexity index is 323. The predicted octanol–water partition coefficient (Wildman–Crippen LogP) is 3.72. The van der Waals surface area contributed by atoms with Crippen LogP contribution in [0.15, 0.2) is 18.2 Å². The Labute approximate surface area is 94.2 Å². The van der Waals surface area contributed by atoms with E-state index in [1.807, 2.05) is 18.2 Å². The minimum absolute atomic E-state index is 0.296. The number of halogens is 2. The zero-order chi connectivity index (χ0) is 10.2. The fourth-order valence-electron chi connectivity index (χ4n) is 2.23. The molecule has 0 heterocycles. The van der Waals surface area contributed by atoms with Gasteiger partial charge in [0.2, 0.25) is 0 Å². The van der Waals surface area contributed by atoms with Crippen LogP contribution < -0.4 is 5.73 Å². The summed E-state index contributed by atoms with van der Waals surface area (Å²) < 4.78 is 0. The van der Waals surface area contributed by atoms with Gasteiger partial charge in [0.15, 0.2) is 0 Å². The van der Waals surface area contributed by atoms with Crippen molar-refractivity contribution >= 4 is 23.2 Å². The highest BCUT2D eigenvalue weighted by Crippen LogP contribution is 2.42. The Kier molecular flexibility index (Phi) is 2.74. The van der Waals surface area contributed by atoms with E-state index in [0.29, 0.717) is 10.0 Å². The van der Waals surface area contributed by atoms with Crippen molar-refractivity contribution in [2.75, 3.05) is 0 Å². The Morgan fingerprint density at radius 1 is 1.07 bits per heavy atom. The first-order valence-corrected chi connectivity index (χ1v) is 5.62. The van der Waals surface area contributed by atoms with E-state index in [9.17, 15) is 0 Å². The second-order valence-electron chi connectivity index (χ2n) is 3.96. The van der Waals surface area contributed by atoms with Crippen LogP contribution >= 0.6 is 23.2 Å². The summed E-state index contributed by atoms with van der Waals surface area (Å²) in [5.41, 5.74) is 6.95. The maximum absolute atomic E-state index is 6.31. The van der Waals surface area contributed by atoms with Crippen LogP contribution in [0, 0.1) is 0 Å². The summed E-state index contributed by atoms with van der Waals surface area (Å²) in [6.45, 7) is 0. The molecule has 0 atom stereocenters. The number of hydrogen-bond acceptors (Lipinski definition) is 1. The van der Waals surface area contributed by atoms with Gasteiger partial charge in [-0.1, -0.05) is 42.1 Å². The van der Waals surface area contributed by atoms with Gasteiger partial charge < -0.3 is 5.73 Å². The van der Waals surface area contributed by atoms with Crippen LogP contribution in [0.2, 0.25) is 10.0 Å². The van der Waals surface area contributed by atoms with Crippen LogP contribution in [0.3, 0.4) is 0 Å². The van der Waals surface area contributed by atoms with Crippen molar-refractivity contribution < 1.29 is 0 Å². The maximum Gasteiger partial charge on any atom is 0.0471 e. The molecule has 0 unspecified atom stereocenters. The standard InChI is InChI=1S/C11H13Cl2N/c12-8-4-3-5-9(13)10(8)11(14)6-1-2-7-11/h3-5H,1-2,6-7,14H2. The molecule has 0 saturated heterocycles. The first-order valence-electron chi connectivity index (χ1n) is 4.87. The summed E-state index contributed by atoms with van der Waals surface area (Å²) in [7, 11) is 0. The van der Waals surface area contributed by atoms with E-state index in [4.69, 9.17) is 28.9 Å². The molecule has 3 heteroatoms. The summed E-state index contributed by atoms with van der Waals surface area (Å²) >= 11 is 12.3. The highest BCUT2D eigenvalue weighted by molar-refractivity contribution is 6.36. The topological polar surface area (TPSA) is 26.0 Å². The molecule has 0 amide bonds. The lowest BCUT2D eigenvalue weighted by Crippen LogP contribution is -2.33. The molecule has 1 nitrogen and oxygen atoms in total. The van der Waals surface area contributed by atoms with Crippen molar-refractivity contribution in [2.24, 2.45) is 5.73 Å². The molecule has 0 radical (unpaired) electrons. The lowest BCUT2D eigenvalue weighted by Gasteiger charge is -2.26. The van der Waals surface area contributed by atoms with Gasteiger partial charge in [-0.05, 0) is 25.0 Å². The summed E-state index contributed by atoms with van der Waals surface area (Å²) in [6.07, 6.45) is 4.29. The average Bonchev–Trinajstić information content (AvgIpc) is 2.52. The van der Waals surface area contributed by atoms with Crippen LogP contribution in [-0.2, 0) is 5.54 Å². The molecule has 76 valence electrons. The van der Waals surface area contributed by atoms with Crippen molar-refractivity contribution in [3.05, 3.63) is 33.8 Å². The first kappa shape index (κ1) is 10.3. The third-order valence-electron chi connectivity index (χ3n) is 2.96. The van der Waals surface area contributed by atoms with Crippen molar-refractivity contribution in [1.29, 1.82) is 0 Å². The molecule has 0 bridgehead atoms. The van der Waals surface area contributed by atoms with E-state index in [0.717, 1.165) is 31.2 Å². The molecule has 1 aromatic rings. The highest BCUT2D eigenvalue weighted by atomic mass is 35.5. The van der Waals surface area contributed by atoms with E-state index in [-0.39, 0.29) is 5.54 Å². The lowest BCUT2D eigenvalue weighted by atomic mass is 9.89. The monoisotopic (exact) mass is 229 g/mol. The lowest BCUT2D eigenvalue weighted by molar-refractivity contribution is 0.462. The fraction of sp³-hybridized carbons (Fsp3) is 0.455.